The lowest BCUT2D eigenvalue weighted by Gasteiger charge is -2.26. The zero-order valence-electron chi connectivity index (χ0n) is 16.8. The summed E-state index contributed by atoms with van der Waals surface area (Å²) in [5, 5.41) is 13.8. The van der Waals surface area contributed by atoms with E-state index in [1.165, 1.54) is 12.1 Å². The lowest BCUT2D eigenvalue weighted by Crippen LogP contribution is -2.40. The van der Waals surface area contributed by atoms with Crippen LogP contribution in [0.5, 0.6) is 11.5 Å². The van der Waals surface area contributed by atoms with Crippen LogP contribution in [0, 0.1) is 0 Å². The Morgan fingerprint density at radius 2 is 1.87 bits per heavy atom. The minimum atomic E-state index is -0.288. The van der Waals surface area contributed by atoms with E-state index in [2.05, 4.69) is 10.2 Å². The fourth-order valence-corrected chi connectivity index (χ4v) is 3.50. The maximum atomic E-state index is 12.5. The van der Waals surface area contributed by atoms with Gasteiger partial charge in [-0.25, -0.2) is 0 Å². The third-order valence-electron chi connectivity index (χ3n) is 5.10. The molecule has 3 aromatic rings. The number of phenols is 1. The molecule has 1 fully saturated rings. The van der Waals surface area contributed by atoms with E-state index in [0.29, 0.717) is 30.2 Å². The number of ether oxygens (including phenoxy) is 2. The lowest BCUT2D eigenvalue weighted by atomic mass is 10.1. The van der Waals surface area contributed by atoms with Gasteiger partial charge < -0.3 is 24.3 Å². The second-order valence-corrected chi connectivity index (χ2v) is 7.21. The van der Waals surface area contributed by atoms with Crippen LogP contribution in [0.1, 0.15) is 0 Å². The summed E-state index contributed by atoms with van der Waals surface area (Å²) in [5.74, 6) is 0.772. The van der Waals surface area contributed by atoms with Gasteiger partial charge in [-0.3, -0.25) is 9.69 Å². The fourth-order valence-electron chi connectivity index (χ4n) is 3.50. The zero-order chi connectivity index (χ0) is 20.8. The Kier molecular flexibility index (Phi) is 6.63. The second kappa shape index (κ2) is 9.75. The average molecular weight is 410 g/mol. The van der Waals surface area contributed by atoms with Crippen LogP contribution in [0.3, 0.4) is 0 Å². The number of hydrogen-bond acceptors (Lipinski definition) is 7. The molecule has 1 aliphatic heterocycles. The first-order chi connectivity index (χ1) is 14.7. The molecule has 0 atom stereocenters. The van der Waals surface area contributed by atoms with Gasteiger partial charge in [-0.15, -0.1) is 0 Å². The number of fused-ring (bicyclic) bond motifs is 1. The van der Waals surface area contributed by atoms with Crippen molar-refractivity contribution < 1.29 is 19.0 Å². The molecule has 2 heterocycles. The minimum absolute atomic E-state index is 0.142. The number of aromatic hydroxyl groups is 1. The first-order valence-corrected chi connectivity index (χ1v) is 10.2. The Hall–Kier alpha value is -2.87. The van der Waals surface area contributed by atoms with Crippen LogP contribution in [-0.2, 0) is 4.74 Å². The van der Waals surface area contributed by atoms with Crippen LogP contribution in [0.2, 0.25) is 0 Å². The molecule has 1 saturated heterocycles. The molecule has 1 aliphatic rings. The maximum absolute atomic E-state index is 12.5. The Morgan fingerprint density at radius 1 is 1.07 bits per heavy atom. The summed E-state index contributed by atoms with van der Waals surface area (Å²) < 4.78 is 17.0. The number of morpholine rings is 1. The number of rotatable bonds is 8. The van der Waals surface area contributed by atoms with Gasteiger partial charge >= 0.3 is 0 Å². The van der Waals surface area contributed by atoms with E-state index in [-0.39, 0.29) is 16.6 Å². The monoisotopic (exact) mass is 410 g/mol. The van der Waals surface area contributed by atoms with Crippen LogP contribution >= 0.6 is 0 Å². The molecule has 2 aromatic carbocycles. The summed E-state index contributed by atoms with van der Waals surface area (Å²) in [7, 11) is 0. The summed E-state index contributed by atoms with van der Waals surface area (Å²) in [6, 6.07) is 13.9. The predicted octanol–water partition coefficient (Wildman–Crippen LogP) is 2.47. The van der Waals surface area contributed by atoms with Crippen LogP contribution in [0.15, 0.2) is 57.7 Å². The van der Waals surface area contributed by atoms with Crippen molar-refractivity contribution in [3.8, 4) is 22.8 Å². The maximum Gasteiger partial charge on any atom is 0.197 e. The normalized spacial score (nSPS) is 14.8. The summed E-state index contributed by atoms with van der Waals surface area (Å²) in [4.78, 5) is 14.9. The van der Waals surface area contributed by atoms with Crippen LogP contribution in [0.25, 0.3) is 22.3 Å². The topological polar surface area (TPSA) is 84.2 Å². The summed E-state index contributed by atoms with van der Waals surface area (Å²) in [6.45, 7) is 6.53. The highest BCUT2D eigenvalue weighted by molar-refractivity contribution is 5.86. The number of hydrogen-bond donors (Lipinski definition) is 2. The van der Waals surface area contributed by atoms with Crippen molar-refractivity contribution in [3.63, 3.8) is 0 Å². The van der Waals surface area contributed by atoms with E-state index in [4.69, 9.17) is 13.9 Å². The first-order valence-electron chi connectivity index (χ1n) is 10.2. The van der Waals surface area contributed by atoms with Gasteiger partial charge in [0.15, 0.2) is 5.43 Å². The number of benzene rings is 2. The van der Waals surface area contributed by atoms with Crippen molar-refractivity contribution in [1.82, 2.24) is 10.2 Å². The van der Waals surface area contributed by atoms with Crippen molar-refractivity contribution in [3.05, 3.63) is 58.8 Å². The van der Waals surface area contributed by atoms with Gasteiger partial charge in [-0.2, -0.15) is 0 Å². The Morgan fingerprint density at radius 3 is 2.67 bits per heavy atom. The van der Waals surface area contributed by atoms with Gasteiger partial charge in [0, 0.05) is 56.5 Å². The Bertz CT molecular complexity index is 1030. The third kappa shape index (κ3) is 4.99. The number of nitrogens with one attached hydrogen (secondary N) is 1. The molecular formula is C23H26N2O5. The van der Waals surface area contributed by atoms with E-state index in [1.807, 2.05) is 30.3 Å². The third-order valence-corrected chi connectivity index (χ3v) is 5.10. The summed E-state index contributed by atoms with van der Waals surface area (Å²) in [6.07, 6.45) is 0. The molecule has 30 heavy (non-hydrogen) atoms. The van der Waals surface area contributed by atoms with Gasteiger partial charge in [0.1, 0.15) is 34.8 Å². The van der Waals surface area contributed by atoms with E-state index >= 15 is 0 Å². The highest BCUT2D eigenvalue weighted by Crippen LogP contribution is 2.31. The molecule has 7 nitrogen and oxygen atoms in total. The summed E-state index contributed by atoms with van der Waals surface area (Å²) >= 11 is 0. The smallest absolute Gasteiger partial charge is 0.197 e. The van der Waals surface area contributed by atoms with Crippen molar-refractivity contribution >= 4 is 11.0 Å². The highest BCUT2D eigenvalue weighted by atomic mass is 16.5. The molecular weight excluding hydrogens is 384 g/mol. The molecule has 0 spiro atoms. The van der Waals surface area contributed by atoms with Crippen LogP contribution in [0.4, 0.5) is 0 Å². The molecule has 0 amide bonds. The second-order valence-electron chi connectivity index (χ2n) is 7.21. The van der Waals surface area contributed by atoms with Crippen molar-refractivity contribution in [2.24, 2.45) is 0 Å². The quantitative estimate of drug-likeness (QED) is 0.552. The van der Waals surface area contributed by atoms with E-state index in [9.17, 15) is 9.90 Å². The van der Waals surface area contributed by atoms with E-state index in [1.54, 1.807) is 6.07 Å². The van der Waals surface area contributed by atoms with E-state index in [0.717, 1.165) is 45.0 Å². The van der Waals surface area contributed by atoms with Gasteiger partial charge in [-0.05, 0) is 0 Å². The predicted molar refractivity (Wildman–Crippen MR) is 115 cm³/mol. The Labute approximate surface area is 174 Å². The molecule has 158 valence electrons. The van der Waals surface area contributed by atoms with Crippen LogP contribution < -0.4 is 15.5 Å². The Balaban J connectivity index is 1.37. The molecule has 0 saturated carbocycles. The van der Waals surface area contributed by atoms with Crippen molar-refractivity contribution in [2.45, 2.75) is 0 Å². The van der Waals surface area contributed by atoms with Gasteiger partial charge in [0.25, 0.3) is 0 Å². The summed E-state index contributed by atoms with van der Waals surface area (Å²) in [5.41, 5.74) is 0.812. The first kappa shape index (κ1) is 20.4. The standard InChI is InChI=1S/C23H26N2O5/c26-19-14-18(29-11-7-24-6-8-25-9-12-28-13-10-25)15-22-23(19)20(27)16-21(30-22)17-4-2-1-3-5-17/h1-5,14-16,24,26H,6-13H2. The van der Waals surface area contributed by atoms with Gasteiger partial charge in [0.05, 0.1) is 13.2 Å². The fraction of sp³-hybridized carbons (Fsp3) is 0.348. The van der Waals surface area contributed by atoms with Crippen molar-refractivity contribution in [1.29, 1.82) is 0 Å². The van der Waals surface area contributed by atoms with Crippen LogP contribution in [-0.4, -0.2) is 62.6 Å². The molecule has 2 N–H and O–H groups in total. The SMILES string of the molecule is O=c1cc(-c2ccccc2)oc2cc(OCCNCCN3CCOCC3)cc(O)c12. The number of phenolic OH excluding ortho intramolecular Hbond substituents is 1. The molecule has 7 heteroatoms. The minimum Gasteiger partial charge on any atom is -0.507 e. The largest absolute Gasteiger partial charge is 0.507 e. The average Bonchev–Trinajstić information content (AvgIpc) is 2.77. The number of nitrogens with zero attached hydrogens (tertiary/aromatic N) is 1. The highest BCUT2D eigenvalue weighted by Gasteiger charge is 2.13. The van der Waals surface area contributed by atoms with Crippen molar-refractivity contribution in [2.75, 3.05) is 52.5 Å². The van der Waals surface area contributed by atoms with Gasteiger partial charge in [0.2, 0.25) is 0 Å². The lowest BCUT2D eigenvalue weighted by molar-refractivity contribution is 0.0383. The van der Waals surface area contributed by atoms with Gasteiger partial charge in [-0.1, -0.05) is 30.3 Å². The van der Waals surface area contributed by atoms with E-state index < -0.39 is 0 Å². The molecule has 0 radical (unpaired) electrons. The molecule has 1 aromatic heterocycles. The molecule has 0 aliphatic carbocycles. The molecule has 4 rings (SSSR count). The zero-order valence-corrected chi connectivity index (χ0v) is 16.8. The molecule has 0 bridgehead atoms. The molecule has 0 unspecified atom stereocenters.